The average Bonchev–Trinajstić information content (AvgIpc) is 3.08. The second kappa shape index (κ2) is 7.44. The van der Waals surface area contributed by atoms with E-state index < -0.39 is 5.76 Å². The number of benzene rings is 3. The van der Waals surface area contributed by atoms with Crippen LogP contribution in [0.5, 0.6) is 0 Å². The van der Waals surface area contributed by atoms with Gasteiger partial charge >= 0.3 is 5.76 Å². The predicted molar refractivity (Wildman–Crippen MR) is 110 cm³/mol. The molecular weight excluding hydrogens is 354 g/mol. The number of oxazole rings is 1. The van der Waals surface area contributed by atoms with E-state index in [-0.39, 0.29) is 5.91 Å². The van der Waals surface area contributed by atoms with Crippen molar-refractivity contribution in [3.63, 3.8) is 0 Å². The van der Waals surface area contributed by atoms with Crippen molar-refractivity contribution in [2.75, 3.05) is 17.3 Å². The quantitative estimate of drug-likeness (QED) is 0.554. The van der Waals surface area contributed by atoms with Crippen LogP contribution in [0.3, 0.4) is 0 Å². The number of carbonyl (C=O) groups excluding carboxylic acids is 1. The zero-order chi connectivity index (χ0) is 19.5. The van der Waals surface area contributed by atoms with E-state index in [4.69, 9.17) is 4.42 Å². The van der Waals surface area contributed by atoms with Gasteiger partial charge in [-0.1, -0.05) is 36.4 Å². The summed E-state index contributed by atoms with van der Waals surface area (Å²) in [6.45, 7) is 0.745. The molecule has 0 atom stereocenters. The maximum atomic E-state index is 12.7. The van der Waals surface area contributed by atoms with Crippen molar-refractivity contribution < 1.29 is 9.21 Å². The Bertz CT molecular complexity index is 1180. The summed E-state index contributed by atoms with van der Waals surface area (Å²) in [7, 11) is 1.99. The number of nitrogens with zero attached hydrogens (tertiary/aromatic N) is 1. The topological polar surface area (TPSA) is 78.3 Å². The maximum Gasteiger partial charge on any atom is 0.417 e. The van der Waals surface area contributed by atoms with Crippen molar-refractivity contribution in [1.29, 1.82) is 0 Å². The standard InChI is InChI=1S/C22H19N3O3/c1-25(14-15-6-3-2-4-7-15)18-9-5-8-16(12-18)21(26)23-17-10-11-19-20(13-17)28-22(27)24-19/h2-13H,14H2,1H3,(H,23,26)(H,24,27). The van der Waals surface area contributed by atoms with Crippen molar-refractivity contribution in [3.05, 3.63) is 94.5 Å². The molecule has 4 rings (SSSR count). The summed E-state index contributed by atoms with van der Waals surface area (Å²) in [5, 5.41) is 2.84. The number of fused-ring (bicyclic) bond motifs is 1. The summed E-state index contributed by atoms with van der Waals surface area (Å²) in [5.41, 5.74) is 4.24. The van der Waals surface area contributed by atoms with Gasteiger partial charge < -0.3 is 14.6 Å². The minimum Gasteiger partial charge on any atom is -0.408 e. The van der Waals surface area contributed by atoms with E-state index >= 15 is 0 Å². The van der Waals surface area contributed by atoms with E-state index in [9.17, 15) is 9.59 Å². The Kier molecular flexibility index (Phi) is 4.68. The first-order valence-electron chi connectivity index (χ1n) is 8.88. The molecule has 1 aromatic heterocycles. The van der Waals surface area contributed by atoms with Crippen LogP contribution in [0.2, 0.25) is 0 Å². The molecule has 0 aliphatic rings. The molecule has 0 saturated heterocycles. The highest BCUT2D eigenvalue weighted by Crippen LogP contribution is 2.20. The fourth-order valence-electron chi connectivity index (χ4n) is 3.06. The van der Waals surface area contributed by atoms with Crippen molar-refractivity contribution in [3.8, 4) is 0 Å². The molecule has 0 aliphatic heterocycles. The molecule has 0 saturated carbocycles. The van der Waals surface area contributed by atoms with Gasteiger partial charge in [-0.25, -0.2) is 4.79 Å². The summed E-state index contributed by atoms with van der Waals surface area (Å²) in [6, 6.07) is 22.6. The first-order valence-corrected chi connectivity index (χ1v) is 8.88. The average molecular weight is 373 g/mol. The first kappa shape index (κ1) is 17.6. The van der Waals surface area contributed by atoms with Gasteiger partial charge in [-0.15, -0.1) is 0 Å². The summed E-state index contributed by atoms with van der Waals surface area (Å²) < 4.78 is 5.03. The zero-order valence-electron chi connectivity index (χ0n) is 15.3. The molecule has 0 bridgehead atoms. The molecule has 6 heteroatoms. The fraction of sp³-hybridized carbons (Fsp3) is 0.0909. The molecule has 0 spiro atoms. The van der Waals surface area contributed by atoms with Gasteiger partial charge in [-0.3, -0.25) is 9.78 Å². The third kappa shape index (κ3) is 3.81. The second-order valence-corrected chi connectivity index (χ2v) is 6.57. The van der Waals surface area contributed by atoms with Crippen LogP contribution in [0.1, 0.15) is 15.9 Å². The lowest BCUT2D eigenvalue weighted by atomic mass is 10.1. The van der Waals surface area contributed by atoms with Gasteiger partial charge in [-0.2, -0.15) is 0 Å². The third-order valence-electron chi connectivity index (χ3n) is 4.49. The Labute approximate surface area is 161 Å². The van der Waals surface area contributed by atoms with Crippen LogP contribution in [0, 0.1) is 0 Å². The second-order valence-electron chi connectivity index (χ2n) is 6.57. The predicted octanol–water partition coefficient (Wildman–Crippen LogP) is 4.01. The molecule has 0 radical (unpaired) electrons. The minimum atomic E-state index is -0.521. The van der Waals surface area contributed by atoms with Crippen molar-refractivity contribution in [1.82, 2.24) is 4.98 Å². The molecule has 2 N–H and O–H groups in total. The van der Waals surface area contributed by atoms with E-state index in [2.05, 4.69) is 27.3 Å². The summed E-state index contributed by atoms with van der Waals surface area (Å²) in [4.78, 5) is 28.6. The zero-order valence-corrected chi connectivity index (χ0v) is 15.3. The summed E-state index contributed by atoms with van der Waals surface area (Å²) >= 11 is 0. The van der Waals surface area contributed by atoms with Gasteiger partial charge in [0.05, 0.1) is 5.52 Å². The Morgan fingerprint density at radius 3 is 2.68 bits per heavy atom. The molecule has 0 unspecified atom stereocenters. The molecule has 0 aliphatic carbocycles. The highest BCUT2D eigenvalue weighted by molar-refractivity contribution is 6.05. The van der Waals surface area contributed by atoms with Gasteiger partial charge in [0.25, 0.3) is 5.91 Å². The van der Waals surface area contributed by atoms with Crippen molar-refractivity contribution in [2.24, 2.45) is 0 Å². The van der Waals surface area contributed by atoms with Crippen LogP contribution < -0.4 is 16.0 Å². The smallest absolute Gasteiger partial charge is 0.408 e. The van der Waals surface area contributed by atoms with E-state index in [1.807, 2.05) is 43.4 Å². The first-order chi connectivity index (χ1) is 13.6. The lowest BCUT2D eigenvalue weighted by Crippen LogP contribution is -2.18. The molecule has 28 heavy (non-hydrogen) atoms. The van der Waals surface area contributed by atoms with E-state index in [1.165, 1.54) is 5.56 Å². The number of nitrogens with one attached hydrogen (secondary N) is 2. The van der Waals surface area contributed by atoms with Crippen LogP contribution in [-0.2, 0) is 6.54 Å². The van der Waals surface area contributed by atoms with E-state index in [1.54, 1.807) is 24.3 Å². The number of H-pyrrole nitrogens is 1. The van der Waals surface area contributed by atoms with Crippen LogP contribution in [0.25, 0.3) is 11.1 Å². The van der Waals surface area contributed by atoms with Crippen LogP contribution in [-0.4, -0.2) is 17.9 Å². The van der Waals surface area contributed by atoms with Gasteiger partial charge in [-0.05, 0) is 35.9 Å². The fourth-order valence-corrected chi connectivity index (χ4v) is 3.06. The molecule has 3 aromatic carbocycles. The maximum absolute atomic E-state index is 12.7. The Hall–Kier alpha value is -3.80. The lowest BCUT2D eigenvalue weighted by molar-refractivity contribution is 0.102. The van der Waals surface area contributed by atoms with Crippen LogP contribution in [0.15, 0.2) is 82.0 Å². The van der Waals surface area contributed by atoms with Crippen LogP contribution in [0.4, 0.5) is 11.4 Å². The molecule has 1 amide bonds. The summed E-state index contributed by atoms with van der Waals surface area (Å²) in [5.74, 6) is -0.750. The molecule has 140 valence electrons. The SMILES string of the molecule is CN(Cc1ccccc1)c1cccc(C(=O)Nc2ccc3[nH]c(=O)oc3c2)c1. The lowest BCUT2D eigenvalue weighted by Gasteiger charge is -2.20. The Morgan fingerprint density at radius 2 is 1.86 bits per heavy atom. The highest BCUT2D eigenvalue weighted by Gasteiger charge is 2.10. The number of amides is 1. The molecule has 1 heterocycles. The van der Waals surface area contributed by atoms with E-state index in [0.717, 1.165) is 12.2 Å². The number of aromatic amines is 1. The normalized spacial score (nSPS) is 10.8. The number of carbonyl (C=O) groups is 1. The van der Waals surface area contributed by atoms with Gasteiger partial charge in [0.1, 0.15) is 0 Å². The Balaban J connectivity index is 1.51. The number of rotatable bonds is 5. The monoisotopic (exact) mass is 373 g/mol. The number of aromatic nitrogens is 1. The van der Waals surface area contributed by atoms with Gasteiger partial charge in [0, 0.05) is 36.6 Å². The van der Waals surface area contributed by atoms with E-state index in [0.29, 0.717) is 22.4 Å². The van der Waals surface area contributed by atoms with Crippen molar-refractivity contribution >= 4 is 28.4 Å². The number of hydrogen-bond acceptors (Lipinski definition) is 4. The molecule has 4 aromatic rings. The van der Waals surface area contributed by atoms with Gasteiger partial charge in [0.2, 0.25) is 0 Å². The molecular formula is C22H19N3O3. The Morgan fingerprint density at radius 1 is 1.04 bits per heavy atom. The minimum absolute atomic E-state index is 0.229. The molecule has 0 fully saturated rings. The largest absolute Gasteiger partial charge is 0.417 e. The highest BCUT2D eigenvalue weighted by atomic mass is 16.4. The van der Waals surface area contributed by atoms with Gasteiger partial charge in [0.15, 0.2) is 5.58 Å². The van der Waals surface area contributed by atoms with Crippen molar-refractivity contribution in [2.45, 2.75) is 6.54 Å². The van der Waals surface area contributed by atoms with Crippen LogP contribution >= 0.6 is 0 Å². The third-order valence-corrected chi connectivity index (χ3v) is 4.49. The number of hydrogen-bond donors (Lipinski definition) is 2. The number of anilines is 2. The molecule has 6 nitrogen and oxygen atoms in total. The summed E-state index contributed by atoms with van der Waals surface area (Å²) in [6.07, 6.45) is 0.